The molecule has 122 valence electrons. The van der Waals surface area contributed by atoms with Crippen molar-refractivity contribution in [1.29, 1.82) is 4.78 Å². The molecular formula is C13H22N6O2S. The highest BCUT2D eigenvalue weighted by Gasteiger charge is 2.46. The molecule has 2 fully saturated rings. The van der Waals surface area contributed by atoms with Crippen LogP contribution in [-0.4, -0.2) is 59.8 Å². The second-order valence-corrected chi connectivity index (χ2v) is 8.75. The van der Waals surface area contributed by atoms with Crippen molar-refractivity contribution in [2.24, 2.45) is 0 Å². The van der Waals surface area contributed by atoms with Crippen LogP contribution >= 0.6 is 0 Å². The molecule has 1 aromatic rings. The average molecular weight is 326 g/mol. The van der Waals surface area contributed by atoms with Gasteiger partial charge in [0.15, 0.2) is 0 Å². The third kappa shape index (κ3) is 2.62. The maximum atomic E-state index is 13.2. The van der Waals surface area contributed by atoms with Crippen LogP contribution in [0.15, 0.2) is 6.33 Å². The van der Waals surface area contributed by atoms with E-state index in [1.165, 1.54) is 6.33 Å². The topological polar surface area (TPSA) is 105 Å². The molecular weight excluding hydrogens is 304 g/mol. The molecule has 1 N–H and O–H groups in total. The number of rotatable bonds is 3. The summed E-state index contributed by atoms with van der Waals surface area (Å²) < 4.78 is 21.2. The molecule has 2 atom stereocenters. The van der Waals surface area contributed by atoms with E-state index < -0.39 is 15.3 Å². The molecule has 1 saturated heterocycles. The van der Waals surface area contributed by atoms with Gasteiger partial charge in [-0.05, 0) is 29.7 Å². The molecule has 22 heavy (non-hydrogen) atoms. The zero-order chi connectivity index (χ0) is 15.8. The van der Waals surface area contributed by atoms with Gasteiger partial charge in [-0.15, -0.1) is 5.10 Å². The summed E-state index contributed by atoms with van der Waals surface area (Å²) in [5.41, 5.74) is -0.720. The smallest absolute Gasteiger partial charge is 0.250 e. The number of carbonyl (C=O) groups excluding carboxylic acids is 1. The summed E-state index contributed by atoms with van der Waals surface area (Å²) in [5.74, 6) is 0.648. The Hall–Kier alpha value is -1.51. The zero-order valence-corrected chi connectivity index (χ0v) is 13.6. The Kier molecular flexibility index (Phi) is 3.92. The van der Waals surface area contributed by atoms with E-state index in [0.29, 0.717) is 12.2 Å². The van der Waals surface area contributed by atoms with Crippen LogP contribution in [0.25, 0.3) is 0 Å². The standard InChI is InChI=1S/C13H22N6O2S/c1-18(11-5-8-22(14,21)9-11)12(20)13(6-3-2-4-7-13)19-10-15-16-17-19/h10-11,14H,2-9H2,1H3. The largest absolute Gasteiger partial charge is 0.340 e. The SMILES string of the molecule is CN(C(=O)C1(n2cnnn2)CCCCC1)C1CCS(=N)(=O)C1. The molecule has 0 bridgehead atoms. The number of carbonyl (C=O) groups is 1. The lowest BCUT2D eigenvalue weighted by atomic mass is 9.80. The molecule has 2 heterocycles. The van der Waals surface area contributed by atoms with Crippen LogP contribution in [0.3, 0.4) is 0 Å². The average Bonchev–Trinajstić information content (AvgIpc) is 3.16. The molecule has 2 unspecified atom stereocenters. The highest BCUT2D eigenvalue weighted by molar-refractivity contribution is 7.92. The maximum absolute atomic E-state index is 13.2. The number of tetrazole rings is 1. The first-order valence-electron chi connectivity index (χ1n) is 7.69. The van der Waals surface area contributed by atoms with Gasteiger partial charge < -0.3 is 4.90 Å². The lowest BCUT2D eigenvalue weighted by Gasteiger charge is -2.39. The van der Waals surface area contributed by atoms with Crippen LogP contribution in [0.4, 0.5) is 0 Å². The van der Waals surface area contributed by atoms with Gasteiger partial charge in [-0.1, -0.05) is 19.3 Å². The molecule has 0 aromatic carbocycles. The first-order valence-corrected chi connectivity index (χ1v) is 9.59. The predicted molar refractivity (Wildman–Crippen MR) is 80.6 cm³/mol. The lowest BCUT2D eigenvalue weighted by Crippen LogP contribution is -2.53. The summed E-state index contributed by atoms with van der Waals surface area (Å²) in [5, 5.41) is 11.4. The van der Waals surface area contributed by atoms with E-state index in [9.17, 15) is 9.00 Å². The Bertz CT molecular complexity index is 635. The minimum absolute atomic E-state index is 0.0124. The predicted octanol–water partition coefficient (Wildman–Crippen LogP) is 0.610. The molecule has 1 aromatic heterocycles. The zero-order valence-electron chi connectivity index (χ0n) is 12.8. The highest BCUT2D eigenvalue weighted by atomic mass is 32.2. The summed E-state index contributed by atoms with van der Waals surface area (Å²) in [6.45, 7) is 0. The number of amides is 1. The third-order valence-corrected chi connectivity index (χ3v) is 6.80. The fourth-order valence-corrected chi connectivity index (χ4v) is 5.47. The first-order chi connectivity index (χ1) is 10.4. The van der Waals surface area contributed by atoms with Gasteiger partial charge in [0.1, 0.15) is 11.9 Å². The van der Waals surface area contributed by atoms with Gasteiger partial charge in [0, 0.05) is 28.6 Å². The summed E-state index contributed by atoms with van der Waals surface area (Å²) in [7, 11) is -0.761. The van der Waals surface area contributed by atoms with Gasteiger partial charge in [0.05, 0.1) is 5.75 Å². The van der Waals surface area contributed by atoms with Crippen molar-refractivity contribution in [3.8, 4) is 0 Å². The molecule has 1 amide bonds. The van der Waals surface area contributed by atoms with E-state index in [1.807, 2.05) is 0 Å². The number of likely N-dealkylation sites (N-methyl/N-ethyl adjacent to an activating group) is 1. The Morgan fingerprint density at radius 1 is 1.41 bits per heavy atom. The maximum Gasteiger partial charge on any atom is 0.250 e. The van der Waals surface area contributed by atoms with E-state index in [-0.39, 0.29) is 17.7 Å². The summed E-state index contributed by atoms with van der Waals surface area (Å²) in [4.78, 5) is 14.9. The molecule has 1 aliphatic heterocycles. The van der Waals surface area contributed by atoms with Crippen LogP contribution in [0.5, 0.6) is 0 Å². The minimum atomic E-state index is -2.52. The van der Waals surface area contributed by atoms with Crippen LogP contribution in [-0.2, 0) is 20.1 Å². The van der Waals surface area contributed by atoms with E-state index in [4.69, 9.17) is 4.78 Å². The van der Waals surface area contributed by atoms with E-state index in [2.05, 4.69) is 15.5 Å². The fraction of sp³-hybridized carbons (Fsp3) is 0.846. The Labute approximate surface area is 130 Å². The van der Waals surface area contributed by atoms with Crippen LogP contribution in [0.1, 0.15) is 38.5 Å². The van der Waals surface area contributed by atoms with Crippen molar-refractivity contribution in [3.63, 3.8) is 0 Å². The molecule has 1 aliphatic carbocycles. The van der Waals surface area contributed by atoms with E-state index >= 15 is 0 Å². The van der Waals surface area contributed by atoms with Gasteiger partial charge >= 0.3 is 0 Å². The summed E-state index contributed by atoms with van der Waals surface area (Å²) in [6.07, 6.45) is 6.66. The Balaban J connectivity index is 1.87. The first kappa shape index (κ1) is 15.4. The van der Waals surface area contributed by atoms with Gasteiger partial charge in [-0.3, -0.25) is 9.57 Å². The lowest BCUT2D eigenvalue weighted by molar-refractivity contribution is -0.144. The fourth-order valence-electron chi connectivity index (χ4n) is 3.64. The molecule has 1 saturated carbocycles. The number of nitrogens with one attached hydrogen (secondary N) is 1. The molecule has 3 rings (SSSR count). The normalized spacial score (nSPS) is 31.0. The van der Waals surface area contributed by atoms with Gasteiger partial charge in [-0.2, -0.15) is 0 Å². The number of nitrogens with zero attached hydrogens (tertiary/aromatic N) is 5. The van der Waals surface area contributed by atoms with E-state index in [1.54, 1.807) is 16.6 Å². The van der Waals surface area contributed by atoms with Crippen molar-refractivity contribution in [2.75, 3.05) is 18.6 Å². The van der Waals surface area contributed by atoms with Crippen molar-refractivity contribution in [1.82, 2.24) is 25.1 Å². The van der Waals surface area contributed by atoms with Gasteiger partial charge in [0.2, 0.25) is 0 Å². The second-order valence-electron chi connectivity index (χ2n) is 6.39. The number of hydrogen-bond donors (Lipinski definition) is 1. The monoisotopic (exact) mass is 326 g/mol. The van der Waals surface area contributed by atoms with Crippen LogP contribution < -0.4 is 0 Å². The van der Waals surface area contributed by atoms with Crippen molar-refractivity contribution >= 4 is 15.6 Å². The highest BCUT2D eigenvalue weighted by Crippen LogP contribution is 2.36. The third-order valence-electron chi connectivity index (χ3n) is 4.98. The minimum Gasteiger partial charge on any atom is -0.340 e. The summed E-state index contributed by atoms with van der Waals surface area (Å²) >= 11 is 0. The second kappa shape index (κ2) is 5.60. The number of hydrogen-bond acceptors (Lipinski definition) is 6. The molecule has 0 radical (unpaired) electrons. The number of aromatic nitrogens is 4. The Morgan fingerprint density at radius 3 is 2.68 bits per heavy atom. The van der Waals surface area contributed by atoms with Gasteiger partial charge in [-0.25, -0.2) is 8.89 Å². The van der Waals surface area contributed by atoms with Gasteiger partial charge in [0.25, 0.3) is 5.91 Å². The molecule has 9 heteroatoms. The molecule has 8 nitrogen and oxygen atoms in total. The van der Waals surface area contributed by atoms with E-state index in [0.717, 1.165) is 32.1 Å². The quantitative estimate of drug-likeness (QED) is 0.876. The van der Waals surface area contributed by atoms with Crippen molar-refractivity contribution in [3.05, 3.63) is 6.33 Å². The Morgan fingerprint density at radius 2 is 2.14 bits per heavy atom. The molecule has 2 aliphatic rings. The van der Waals surface area contributed by atoms with Crippen LogP contribution in [0, 0.1) is 4.78 Å². The van der Waals surface area contributed by atoms with Crippen molar-refractivity contribution < 1.29 is 9.00 Å². The molecule has 0 spiro atoms. The van der Waals surface area contributed by atoms with Crippen molar-refractivity contribution in [2.45, 2.75) is 50.1 Å². The summed E-state index contributed by atoms with van der Waals surface area (Å²) in [6, 6.07) is -0.118. The van der Waals surface area contributed by atoms with Crippen LogP contribution in [0.2, 0.25) is 0 Å².